The third kappa shape index (κ3) is 4.17. The molecule has 2 aromatic carbocycles. The van der Waals surface area contributed by atoms with Gasteiger partial charge in [-0.05, 0) is 67.8 Å². The van der Waals surface area contributed by atoms with Crippen molar-refractivity contribution in [1.82, 2.24) is 10.3 Å². The van der Waals surface area contributed by atoms with Crippen LogP contribution >= 0.6 is 0 Å². The summed E-state index contributed by atoms with van der Waals surface area (Å²) in [5.41, 5.74) is 10.0. The Kier molecular flexibility index (Phi) is 5.75. The number of benzene rings is 2. The highest BCUT2D eigenvalue weighted by molar-refractivity contribution is 6.05. The van der Waals surface area contributed by atoms with Crippen molar-refractivity contribution in [2.24, 2.45) is 10.7 Å². The lowest BCUT2D eigenvalue weighted by atomic mass is 9.88. The molecule has 0 saturated heterocycles. The predicted molar refractivity (Wildman–Crippen MR) is 119 cm³/mol. The third-order valence-corrected chi connectivity index (χ3v) is 5.30. The normalized spacial score (nSPS) is 19.2. The zero-order chi connectivity index (χ0) is 20.9. The fourth-order valence-electron chi connectivity index (χ4n) is 3.73. The minimum Gasteiger partial charge on any atom is -0.497 e. The van der Waals surface area contributed by atoms with Gasteiger partial charge in [0.15, 0.2) is 0 Å². The summed E-state index contributed by atoms with van der Waals surface area (Å²) in [6.45, 7) is 0. The maximum Gasteiger partial charge on any atom is 0.251 e. The van der Waals surface area contributed by atoms with E-state index in [0.29, 0.717) is 5.56 Å². The molecule has 152 valence electrons. The highest BCUT2D eigenvalue weighted by atomic mass is 16.5. The van der Waals surface area contributed by atoms with Crippen molar-refractivity contribution in [2.75, 3.05) is 7.11 Å². The average molecular weight is 400 g/mol. The molecule has 1 heterocycles. The number of nitrogens with one attached hydrogen (secondary N) is 1. The minimum atomic E-state index is -0.169. The van der Waals surface area contributed by atoms with E-state index >= 15 is 0 Å². The van der Waals surface area contributed by atoms with E-state index in [1.165, 1.54) is 0 Å². The molecule has 0 bridgehead atoms. The Balaban J connectivity index is 1.53. The summed E-state index contributed by atoms with van der Waals surface area (Å²) in [6, 6.07) is 16.7. The maximum absolute atomic E-state index is 12.9. The largest absolute Gasteiger partial charge is 0.497 e. The maximum atomic E-state index is 12.9. The number of carbonyl (C=O) groups excluding carboxylic acids is 1. The Bertz CT molecular complexity index is 1120. The van der Waals surface area contributed by atoms with Gasteiger partial charge in [0.2, 0.25) is 0 Å². The van der Waals surface area contributed by atoms with Gasteiger partial charge in [-0.1, -0.05) is 6.07 Å². The molecule has 1 fully saturated rings. The number of pyridine rings is 1. The second-order valence-electron chi connectivity index (χ2n) is 7.21. The number of methoxy groups -OCH3 is 1. The number of rotatable bonds is 4. The van der Waals surface area contributed by atoms with Crippen molar-refractivity contribution < 1.29 is 9.53 Å². The Morgan fingerprint density at radius 1 is 1.23 bits per heavy atom. The lowest BCUT2D eigenvalue weighted by Gasteiger charge is -2.27. The van der Waals surface area contributed by atoms with Crippen molar-refractivity contribution in [3.8, 4) is 5.75 Å². The van der Waals surface area contributed by atoms with Gasteiger partial charge in [0.1, 0.15) is 5.75 Å². The van der Waals surface area contributed by atoms with E-state index in [1.807, 2.05) is 48.5 Å². The number of fused-ring (bicyclic) bond motifs is 1. The number of carbonyl (C=O) groups is 1. The first-order valence-electron chi connectivity index (χ1n) is 9.97. The predicted octanol–water partition coefficient (Wildman–Crippen LogP) is 4.14. The van der Waals surface area contributed by atoms with Crippen molar-refractivity contribution in [3.63, 3.8) is 0 Å². The van der Waals surface area contributed by atoms with Gasteiger partial charge >= 0.3 is 0 Å². The molecule has 3 aromatic rings. The smallest absolute Gasteiger partial charge is 0.251 e. The van der Waals surface area contributed by atoms with Crippen LogP contribution in [0.15, 0.2) is 77.6 Å². The topological polar surface area (TPSA) is 89.6 Å². The summed E-state index contributed by atoms with van der Waals surface area (Å²) in [6.07, 6.45) is 5.89. The number of hydrogen-bond acceptors (Lipinski definition) is 5. The standard InChI is InChI=1S/C24H24N4O2/c1-30-19-10-8-18(9-11-19)27-22-5-2-6-23(20(22)15-25)28-24(29)17-7-12-21-16(14-17)4-3-13-26-21/h3-4,7-15,23H,2,5-6,25H2,1H3,(H,28,29)/b20-15+,27-22?. The second-order valence-corrected chi connectivity index (χ2v) is 7.21. The highest BCUT2D eigenvalue weighted by Crippen LogP contribution is 2.26. The Morgan fingerprint density at radius 3 is 2.83 bits per heavy atom. The highest BCUT2D eigenvalue weighted by Gasteiger charge is 2.26. The number of ether oxygens (including phenoxy) is 1. The van der Waals surface area contributed by atoms with Crippen molar-refractivity contribution in [3.05, 3.63) is 78.1 Å². The van der Waals surface area contributed by atoms with Gasteiger partial charge < -0.3 is 15.8 Å². The lowest BCUT2D eigenvalue weighted by molar-refractivity contribution is 0.0941. The molecule has 30 heavy (non-hydrogen) atoms. The number of hydrogen-bond donors (Lipinski definition) is 2. The molecule has 0 radical (unpaired) electrons. The fourth-order valence-corrected chi connectivity index (χ4v) is 3.73. The van der Waals surface area contributed by atoms with Crippen LogP contribution in [-0.2, 0) is 0 Å². The van der Waals surface area contributed by atoms with Crippen LogP contribution in [0.5, 0.6) is 5.75 Å². The molecule has 1 amide bonds. The number of nitrogens with two attached hydrogens (primary N) is 1. The minimum absolute atomic E-state index is 0.129. The summed E-state index contributed by atoms with van der Waals surface area (Å²) >= 11 is 0. The molecule has 1 aliphatic carbocycles. The molecule has 1 aromatic heterocycles. The van der Waals surface area contributed by atoms with Crippen LogP contribution < -0.4 is 15.8 Å². The van der Waals surface area contributed by atoms with Crippen molar-refractivity contribution in [2.45, 2.75) is 25.3 Å². The first kappa shape index (κ1) is 19.6. The molecule has 1 unspecified atom stereocenters. The Morgan fingerprint density at radius 2 is 2.07 bits per heavy atom. The molecule has 0 aliphatic heterocycles. The molecule has 6 nitrogen and oxygen atoms in total. The quantitative estimate of drug-likeness (QED) is 0.689. The van der Waals surface area contributed by atoms with Crippen LogP contribution in [0, 0.1) is 0 Å². The summed E-state index contributed by atoms with van der Waals surface area (Å²) in [7, 11) is 1.64. The first-order valence-corrected chi connectivity index (χ1v) is 9.97. The number of nitrogens with zero attached hydrogens (tertiary/aromatic N) is 2. The molecule has 3 N–H and O–H groups in total. The molecular formula is C24H24N4O2. The van der Waals surface area contributed by atoms with E-state index < -0.39 is 0 Å². The SMILES string of the molecule is COc1ccc(N=C2CCCC(NC(=O)c3ccc4ncccc4c3)/C2=C/N)cc1. The number of aliphatic imine (C=N–C) groups is 1. The zero-order valence-electron chi connectivity index (χ0n) is 16.8. The summed E-state index contributed by atoms with van der Waals surface area (Å²) in [5, 5.41) is 4.06. The Hall–Kier alpha value is -3.67. The molecule has 1 saturated carbocycles. The van der Waals surface area contributed by atoms with Gasteiger partial charge in [0.25, 0.3) is 5.91 Å². The monoisotopic (exact) mass is 400 g/mol. The van der Waals surface area contributed by atoms with E-state index in [2.05, 4.69) is 10.3 Å². The molecular weight excluding hydrogens is 376 g/mol. The summed E-state index contributed by atoms with van der Waals surface area (Å²) in [5.74, 6) is 0.656. The van der Waals surface area contributed by atoms with Gasteiger partial charge in [0.05, 0.1) is 24.4 Å². The van der Waals surface area contributed by atoms with Crippen LogP contribution in [0.2, 0.25) is 0 Å². The number of aromatic nitrogens is 1. The molecule has 0 spiro atoms. The van der Waals surface area contributed by atoms with Crippen LogP contribution in [-0.4, -0.2) is 29.8 Å². The van der Waals surface area contributed by atoms with Crippen LogP contribution in [0.1, 0.15) is 29.6 Å². The van der Waals surface area contributed by atoms with Gasteiger partial charge in [0, 0.05) is 34.6 Å². The van der Waals surface area contributed by atoms with Crippen LogP contribution in [0.25, 0.3) is 10.9 Å². The average Bonchev–Trinajstić information content (AvgIpc) is 2.79. The second kappa shape index (κ2) is 8.78. The zero-order valence-corrected chi connectivity index (χ0v) is 16.8. The number of amides is 1. The molecule has 4 rings (SSSR count). The van der Waals surface area contributed by atoms with Gasteiger partial charge in [-0.3, -0.25) is 14.8 Å². The third-order valence-electron chi connectivity index (χ3n) is 5.30. The van der Waals surface area contributed by atoms with Crippen molar-refractivity contribution in [1.29, 1.82) is 0 Å². The molecule has 6 heteroatoms. The van der Waals surface area contributed by atoms with Crippen LogP contribution in [0.3, 0.4) is 0 Å². The van der Waals surface area contributed by atoms with E-state index in [0.717, 1.165) is 52.9 Å². The van der Waals surface area contributed by atoms with Gasteiger partial charge in [-0.15, -0.1) is 0 Å². The summed E-state index contributed by atoms with van der Waals surface area (Å²) in [4.78, 5) is 22.0. The van der Waals surface area contributed by atoms with Crippen LogP contribution in [0.4, 0.5) is 5.69 Å². The van der Waals surface area contributed by atoms with Gasteiger partial charge in [-0.25, -0.2) is 0 Å². The van der Waals surface area contributed by atoms with Gasteiger partial charge in [-0.2, -0.15) is 0 Å². The van der Waals surface area contributed by atoms with Crippen molar-refractivity contribution >= 4 is 28.2 Å². The lowest BCUT2D eigenvalue weighted by Crippen LogP contribution is -2.41. The van der Waals surface area contributed by atoms with E-state index in [1.54, 1.807) is 25.6 Å². The fraction of sp³-hybridized carbons (Fsp3) is 0.208. The first-order chi connectivity index (χ1) is 14.7. The molecule has 1 aliphatic rings. The van der Waals surface area contributed by atoms with E-state index in [4.69, 9.17) is 15.5 Å². The van der Waals surface area contributed by atoms with E-state index in [9.17, 15) is 4.79 Å². The molecule has 1 atom stereocenters. The summed E-state index contributed by atoms with van der Waals surface area (Å²) < 4.78 is 5.20. The Labute approximate surface area is 175 Å². The van der Waals surface area contributed by atoms with E-state index in [-0.39, 0.29) is 11.9 Å².